The van der Waals surface area contributed by atoms with E-state index in [0.29, 0.717) is 6.54 Å². The van der Waals surface area contributed by atoms with Crippen molar-refractivity contribution >= 4 is 0 Å². The molecule has 0 saturated carbocycles. The van der Waals surface area contributed by atoms with Crippen LogP contribution in [0.25, 0.3) is 0 Å². The molecule has 0 radical (unpaired) electrons. The van der Waals surface area contributed by atoms with E-state index in [0.717, 1.165) is 6.42 Å². The third-order valence-electron chi connectivity index (χ3n) is 2.49. The third-order valence-corrected chi connectivity index (χ3v) is 2.49. The minimum atomic E-state index is -1.83. The average Bonchev–Trinajstić information content (AvgIpc) is 2.22. The summed E-state index contributed by atoms with van der Waals surface area (Å²) < 4.78 is 4.94. The minimum absolute atomic E-state index is 0.0196. The fourth-order valence-corrected chi connectivity index (χ4v) is 1.49. The van der Waals surface area contributed by atoms with Crippen LogP contribution < -0.4 is 5.32 Å². The minimum Gasteiger partial charge on any atom is -0.388 e. The van der Waals surface area contributed by atoms with E-state index >= 15 is 0 Å². The summed E-state index contributed by atoms with van der Waals surface area (Å²) in [5.74, 6) is -1.83. The van der Waals surface area contributed by atoms with E-state index < -0.39 is 24.1 Å². The van der Waals surface area contributed by atoms with E-state index in [9.17, 15) is 20.4 Å². The molecular weight excluding hydrogens is 202 g/mol. The maximum absolute atomic E-state index is 9.85. The first-order valence-corrected chi connectivity index (χ1v) is 5.12. The van der Waals surface area contributed by atoms with Crippen LogP contribution in [-0.2, 0) is 4.74 Å². The first-order chi connectivity index (χ1) is 7.01. The standard InChI is InChI=1S/C9H19NO5/c1-2-3-10-5-9(14)8(13)7(12)6(11)4-15-9/h6-8,10-14H,2-5H2,1H3/t6-,7+,8-,9+/m1/s1. The van der Waals surface area contributed by atoms with Gasteiger partial charge in [-0.2, -0.15) is 0 Å². The van der Waals surface area contributed by atoms with Gasteiger partial charge in [-0.25, -0.2) is 0 Å². The second-order valence-corrected chi connectivity index (χ2v) is 3.84. The summed E-state index contributed by atoms with van der Waals surface area (Å²) in [5, 5.41) is 40.8. The van der Waals surface area contributed by atoms with Crippen LogP contribution in [0.3, 0.4) is 0 Å². The molecule has 1 aliphatic rings. The predicted molar refractivity (Wildman–Crippen MR) is 52.1 cm³/mol. The molecule has 0 unspecified atom stereocenters. The van der Waals surface area contributed by atoms with Gasteiger partial charge in [0.1, 0.15) is 18.3 Å². The molecule has 0 aliphatic carbocycles. The average molecular weight is 221 g/mol. The lowest BCUT2D eigenvalue weighted by Crippen LogP contribution is -2.64. The van der Waals surface area contributed by atoms with E-state index in [2.05, 4.69) is 5.32 Å². The summed E-state index contributed by atoms with van der Waals surface area (Å²) in [5.41, 5.74) is 0. The molecule has 4 atom stereocenters. The summed E-state index contributed by atoms with van der Waals surface area (Å²) in [4.78, 5) is 0. The van der Waals surface area contributed by atoms with Crippen molar-refractivity contribution in [2.75, 3.05) is 19.7 Å². The molecule has 6 nitrogen and oxygen atoms in total. The maximum Gasteiger partial charge on any atom is 0.207 e. The van der Waals surface area contributed by atoms with Gasteiger partial charge in [-0.3, -0.25) is 0 Å². The van der Waals surface area contributed by atoms with Crippen molar-refractivity contribution in [1.82, 2.24) is 5.32 Å². The van der Waals surface area contributed by atoms with Crippen LogP contribution in [0.15, 0.2) is 0 Å². The maximum atomic E-state index is 9.85. The first-order valence-electron chi connectivity index (χ1n) is 5.12. The Kier molecular flexibility index (Phi) is 4.45. The number of aliphatic hydroxyl groups excluding tert-OH is 3. The zero-order chi connectivity index (χ0) is 11.5. The van der Waals surface area contributed by atoms with Gasteiger partial charge in [0.15, 0.2) is 0 Å². The van der Waals surface area contributed by atoms with Gasteiger partial charge < -0.3 is 30.5 Å². The van der Waals surface area contributed by atoms with Gasteiger partial charge >= 0.3 is 0 Å². The molecule has 90 valence electrons. The first kappa shape index (κ1) is 12.8. The Hall–Kier alpha value is -0.240. The van der Waals surface area contributed by atoms with Crippen LogP contribution >= 0.6 is 0 Å². The zero-order valence-corrected chi connectivity index (χ0v) is 8.76. The number of hydrogen-bond acceptors (Lipinski definition) is 6. The normalized spacial score (nSPS) is 41.8. The highest BCUT2D eigenvalue weighted by molar-refractivity contribution is 4.92. The molecule has 0 aromatic rings. The van der Waals surface area contributed by atoms with E-state index in [1.54, 1.807) is 0 Å². The monoisotopic (exact) mass is 221 g/mol. The largest absolute Gasteiger partial charge is 0.388 e. The molecule has 0 spiro atoms. The van der Waals surface area contributed by atoms with E-state index in [1.165, 1.54) is 0 Å². The highest BCUT2D eigenvalue weighted by Gasteiger charge is 2.47. The summed E-state index contributed by atoms with van der Waals surface area (Å²) in [7, 11) is 0. The fourth-order valence-electron chi connectivity index (χ4n) is 1.49. The van der Waals surface area contributed by atoms with Crippen LogP contribution in [0, 0.1) is 0 Å². The van der Waals surface area contributed by atoms with Crippen molar-refractivity contribution in [3.8, 4) is 0 Å². The quantitative estimate of drug-likeness (QED) is 0.345. The molecule has 0 aromatic heterocycles. The van der Waals surface area contributed by atoms with Gasteiger partial charge in [-0.1, -0.05) is 6.92 Å². The van der Waals surface area contributed by atoms with E-state index in [-0.39, 0.29) is 13.2 Å². The van der Waals surface area contributed by atoms with Crippen molar-refractivity contribution in [2.45, 2.75) is 37.4 Å². The molecule has 0 amide bonds. The molecule has 15 heavy (non-hydrogen) atoms. The molecule has 1 rings (SSSR count). The fraction of sp³-hybridized carbons (Fsp3) is 1.00. The zero-order valence-electron chi connectivity index (χ0n) is 8.76. The Bertz CT molecular complexity index is 203. The molecule has 1 heterocycles. The lowest BCUT2D eigenvalue weighted by molar-refractivity contribution is -0.317. The van der Waals surface area contributed by atoms with Gasteiger partial charge in [0.25, 0.3) is 0 Å². The molecule has 5 N–H and O–H groups in total. The molecular formula is C9H19NO5. The predicted octanol–water partition coefficient (Wildman–Crippen LogP) is -2.21. The van der Waals surface area contributed by atoms with Crippen LogP contribution in [0.2, 0.25) is 0 Å². The van der Waals surface area contributed by atoms with Gasteiger partial charge in [-0.05, 0) is 13.0 Å². The molecule has 0 bridgehead atoms. The van der Waals surface area contributed by atoms with Gasteiger partial charge in [0.05, 0.1) is 13.2 Å². The second kappa shape index (κ2) is 5.20. The third kappa shape index (κ3) is 2.87. The Morgan fingerprint density at radius 2 is 2.07 bits per heavy atom. The Morgan fingerprint density at radius 1 is 1.40 bits per heavy atom. The van der Waals surface area contributed by atoms with E-state index in [1.807, 2.05) is 6.92 Å². The van der Waals surface area contributed by atoms with Crippen molar-refractivity contribution in [1.29, 1.82) is 0 Å². The highest BCUT2D eigenvalue weighted by Crippen LogP contribution is 2.23. The smallest absolute Gasteiger partial charge is 0.207 e. The summed E-state index contributed by atoms with van der Waals surface area (Å²) >= 11 is 0. The van der Waals surface area contributed by atoms with Gasteiger partial charge in [-0.15, -0.1) is 0 Å². The Morgan fingerprint density at radius 3 is 2.67 bits per heavy atom. The number of ether oxygens (including phenoxy) is 1. The second-order valence-electron chi connectivity index (χ2n) is 3.84. The van der Waals surface area contributed by atoms with Crippen molar-refractivity contribution in [3.05, 3.63) is 0 Å². The molecule has 1 aliphatic heterocycles. The van der Waals surface area contributed by atoms with Gasteiger partial charge in [0, 0.05) is 0 Å². The van der Waals surface area contributed by atoms with Gasteiger partial charge in [0.2, 0.25) is 5.79 Å². The van der Waals surface area contributed by atoms with Crippen LogP contribution in [0.5, 0.6) is 0 Å². The van der Waals surface area contributed by atoms with E-state index in [4.69, 9.17) is 4.74 Å². The van der Waals surface area contributed by atoms with Crippen LogP contribution in [-0.4, -0.2) is 64.2 Å². The Labute approximate surface area is 88.5 Å². The molecule has 1 fully saturated rings. The van der Waals surface area contributed by atoms with Crippen LogP contribution in [0.1, 0.15) is 13.3 Å². The molecule has 0 aromatic carbocycles. The topological polar surface area (TPSA) is 102 Å². The lowest BCUT2D eigenvalue weighted by Gasteiger charge is -2.41. The highest BCUT2D eigenvalue weighted by atomic mass is 16.6. The molecule has 6 heteroatoms. The number of rotatable bonds is 4. The van der Waals surface area contributed by atoms with Crippen LogP contribution in [0.4, 0.5) is 0 Å². The molecule has 1 saturated heterocycles. The van der Waals surface area contributed by atoms with Crippen molar-refractivity contribution < 1.29 is 25.2 Å². The number of aliphatic hydroxyl groups is 4. The van der Waals surface area contributed by atoms with Crippen molar-refractivity contribution in [3.63, 3.8) is 0 Å². The summed E-state index contributed by atoms with van der Waals surface area (Å²) in [6, 6.07) is 0. The SMILES string of the molecule is CCCNC[C@]1(O)OC[C@@H](O)[C@H](O)[C@H]1O. The van der Waals surface area contributed by atoms with Crippen molar-refractivity contribution in [2.24, 2.45) is 0 Å². The Balaban J connectivity index is 2.51. The number of hydrogen-bond donors (Lipinski definition) is 5. The lowest BCUT2D eigenvalue weighted by atomic mass is 9.97. The summed E-state index contributed by atoms with van der Waals surface area (Å²) in [6.07, 6.45) is -3.17. The summed E-state index contributed by atoms with van der Waals surface area (Å²) in [6.45, 7) is 2.47. The number of nitrogens with one attached hydrogen (secondary N) is 1.